The second kappa shape index (κ2) is 8.35. The van der Waals surface area contributed by atoms with Crippen molar-refractivity contribution in [1.82, 2.24) is 19.9 Å². The minimum atomic E-state index is -0.320. The van der Waals surface area contributed by atoms with Crippen LogP contribution in [0.15, 0.2) is 34.3 Å². The Morgan fingerprint density at radius 1 is 1.38 bits per heavy atom. The number of nitrogens with zero attached hydrogens (tertiary/aromatic N) is 3. The lowest BCUT2D eigenvalue weighted by molar-refractivity contribution is 0.415. The number of thioether (sulfide) groups is 1. The number of nitrogens with two attached hydrogens (primary N) is 1. The largest absolute Gasteiger partial charge is 0.495 e. The predicted octanol–water partition coefficient (Wildman–Crippen LogP) is 2.04. The van der Waals surface area contributed by atoms with E-state index in [0.29, 0.717) is 51.8 Å². The molecule has 2 aromatic heterocycles. The van der Waals surface area contributed by atoms with Gasteiger partial charge in [-0.15, -0.1) is 0 Å². The van der Waals surface area contributed by atoms with Gasteiger partial charge in [-0.2, -0.15) is 0 Å². The van der Waals surface area contributed by atoms with Crippen molar-refractivity contribution in [1.29, 1.82) is 0 Å². The topological polar surface area (TPSA) is 119 Å². The first kappa shape index (κ1) is 18.4. The predicted molar refractivity (Wildman–Crippen MR) is 103 cm³/mol. The van der Waals surface area contributed by atoms with Crippen LogP contribution in [0.2, 0.25) is 5.02 Å². The molecule has 3 rings (SSSR count). The molecule has 0 unspecified atom stereocenters. The number of fused-ring (bicyclic) bond motifs is 1. The monoisotopic (exact) mass is 392 g/mol. The summed E-state index contributed by atoms with van der Waals surface area (Å²) in [6.45, 7) is 0.979. The van der Waals surface area contributed by atoms with Gasteiger partial charge in [0.25, 0.3) is 5.56 Å². The summed E-state index contributed by atoms with van der Waals surface area (Å²) in [6, 6.07) is 5.58. The summed E-state index contributed by atoms with van der Waals surface area (Å²) in [5, 5.41) is 4.16. The Hall–Kier alpha value is -2.36. The molecule has 0 saturated heterocycles. The van der Waals surface area contributed by atoms with Crippen molar-refractivity contribution < 1.29 is 4.74 Å². The molecule has 0 bridgehead atoms. The average molecular weight is 393 g/mol. The molecule has 0 atom stereocenters. The van der Waals surface area contributed by atoms with Crippen molar-refractivity contribution in [3.8, 4) is 5.75 Å². The molecule has 0 aliphatic rings. The Balaban J connectivity index is 1.87. The minimum Gasteiger partial charge on any atom is -0.495 e. The molecule has 26 heavy (non-hydrogen) atoms. The van der Waals surface area contributed by atoms with E-state index in [1.54, 1.807) is 7.11 Å². The summed E-state index contributed by atoms with van der Waals surface area (Å²) in [6.07, 6.45) is 1.20. The molecule has 3 aromatic rings. The van der Waals surface area contributed by atoms with Gasteiger partial charge in [-0.1, -0.05) is 29.4 Å². The van der Waals surface area contributed by atoms with E-state index >= 15 is 0 Å². The van der Waals surface area contributed by atoms with Crippen LogP contribution in [0.4, 0.5) is 5.82 Å². The molecule has 4 N–H and O–H groups in total. The highest BCUT2D eigenvalue weighted by Gasteiger charge is 2.11. The highest BCUT2D eigenvalue weighted by atomic mass is 35.5. The van der Waals surface area contributed by atoms with E-state index in [0.717, 1.165) is 5.56 Å². The van der Waals surface area contributed by atoms with E-state index in [1.165, 1.54) is 18.0 Å². The lowest BCUT2D eigenvalue weighted by atomic mass is 10.2. The van der Waals surface area contributed by atoms with Crippen molar-refractivity contribution in [2.75, 3.05) is 25.5 Å². The van der Waals surface area contributed by atoms with Gasteiger partial charge in [0.15, 0.2) is 16.6 Å². The van der Waals surface area contributed by atoms with Crippen molar-refractivity contribution in [2.45, 2.75) is 10.9 Å². The van der Waals surface area contributed by atoms with Crippen LogP contribution >= 0.6 is 23.4 Å². The van der Waals surface area contributed by atoms with E-state index in [9.17, 15) is 4.79 Å². The van der Waals surface area contributed by atoms with Gasteiger partial charge >= 0.3 is 0 Å². The first-order valence-corrected chi connectivity index (χ1v) is 9.13. The number of benzene rings is 1. The first-order valence-electron chi connectivity index (χ1n) is 7.77. The number of ether oxygens (including phenoxy) is 1. The van der Waals surface area contributed by atoms with Gasteiger partial charge in [0.1, 0.15) is 11.3 Å². The smallest absolute Gasteiger partial charge is 0.268 e. The quantitative estimate of drug-likeness (QED) is 0.413. The summed E-state index contributed by atoms with van der Waals surface area (Å²) in [7, 11) is 1.57. The fourth-order valence-corrected chi connectivity index (χ4v) is 3.31. The Labute approximate surface area is 158 Å². The fourth-order valence-electron chi connectivity index (χ4n) is 2.24. The van der Waals surface area contributed by atoms with Crippen LogP contribution in [0.1, 0.15) is 5.56 Å². The molecule has 0 fully saturated rings. The van der Waals surface area contributed by atoms with Crippen LogP contribution in [-0.4, -0.2) is 40.1 Å². The number of aromatic nitrogens is 4. The van der Waals surface area contributed by atoms with Gasteiger partial charge in [0.2, 0.25) is 0 Å². The molecule has 8 nitrogen and oxygen atoms in total. The van der Waals surface area contributed by atoms with Crippen LogP contribution in [0, 0.1) is 0 Å². The number of halogens is 1. The summed E-state index contributed by atoms with van der Waals surface area (Å²) in [5.41, 5.74) is 7.10. The molecular formula is C16H17ClN6O2S. The molecule has 0 aliphatic heterocycles. The molecule has 0 aliphatic carbocycles. The molecular weight excluding hydrogens is 376 g/mol. The number of nitrogens with one attached hydrogen (secondary N) is 2. The molecule has 1 aromatic carbocycles. The van der Waals surface area contributed by atoms with E-state index < -0.39 is 0 Å². The summed E-state index contributed by atoms with van der Waals surface area (Å²) in [5.74, 6) is 1.77. The number of methoxy groups -OCH3 is 1. The van der Waals surface area contributed by atoms with E-state index in [2.05, 4.69) is 25.3 Å². The molecule has 0 saturated carbocycles. The molecule has 136 valence electrons. The van der Waals surface area contributed by atoms with Crippen LogP contribution < -0.4 is 21.3 Å². The lowest BCUT2D eigenvalue weighted by Gasteiger charge is -2.09. The van der Waals surface area contributed by atoms with Crippen molar-refractivity contribution in [3.05, 3.63) is 45.3 Å². The van der Waals surface area contributed by atoms with Crippen LogP contribution in [0.5, 0.6) is 5.75 Å². The molecule has 0 radical (unpaired) electrons. The minimum absolute atomic E-state index is 0.320. The lowest BCUT2D eigenvalue weighted by Crippen LogP contribution is -2.16. The number of hydrogen-bond acceptors (Lipinski definition) is 8. The average Bonchev–Trinajstić information content (AvgIpc) is 2.64. The fraction of sp³-hybridized carbons (Fsp3) is 0.250. The van der Waals surface area contributed by atoms with Crippen molar-refractivity contribution in [2.24, 2.45) is 5.73 Å². The second-order valence-corrected chi connectivity index (χ2v) is 6.62. The Morgan fingerprint density at radius 2 is 2.23 bits per heavy atom. The maximum Gasteiger partial charge on any atom is 0.268 e. The maximum absolute atomic E-state index is 11.5. The van der Waals surface area contributed by atoms with Gasteiger partial charge in [-0.05, 0) is 17.7 Å². The Kier molecular flexibility index (Phi) is 5.92. The van der Waals surface area contributed by atoms with Crippen LogP contribution in [0.3, 0.4) is 0 Å². The highest BCUT2D eigenvalue weighted by Crippen LogP contribution is 2.29. The zero-order valence-electron chi connectivity index (χ0n) is 14.0. The number of rotatable bonds is 7. The summed E-state index contributed by atoms with van der Waals surface area (Å²) in [4.78, 5) is 27.2. The Morgan fingerprint density at radius 3 is 2.96 bits per heavy atom. The van der Waals surface area contributed by atoms with Gasteiger partial charge in [-0.3, -0.25) is 4.79 Å². The van der Waals surface area contributed by atoms with Gasteiger partial charge in [0, 0.05) is 18.8 Å². The Bertz CT molecular complexity index is 981. The van der Waals surface area contributed by atoms with Gasteiger partial charge in [0.05, 0.1) is 18.3 Å². The van der Waals surface area contributed by atoms with Crippen LogP contribution in [-0.2, 0) is 5.75 Å². The van der Waals surface area contributed by atoms with Crippen molar-refractivity contribution >= 4 is 40.3 Å². The zero-order valence-corrected chi connectivity index (χ0v) is 15.5. The van der Waals surface area contributed by atoms with Gasteiger partial charge < -0.3 is 20.8 Å². The van der Waals surface area contributed by atoms with Crippen molar-refractivity contribution in [3.63, 3.8) is 0 Å². The van der Waals surface area contributed by atoms with Gasteiger partial charge in [-0.25, -0.2) is 15.0 Å². The second-order valence-electron chi connectivity index (χ2n) is 5.27. The standard InChI is InChI=1S/C16H17ClN6O2S/c1-25-11-3-2-9(6-10(11)17)8-26-16-22-14(19-5-4-18)13-15(23-16)21-12(24)7-20-13/h2-3,6-7H,4-5,8,18H2,1H3,(H2,19,21,22,23,24). The normalized spacial score (nSPS) is 10.9. The van der Waals surface area contributed by atoms with E-state index in [1.807, 2.05) is 18.2 Å². The molecule has 0 spiro atoms. The third kappa shape index (κ3) is 4.24. The number of H-pyrrole nitrogens is 1. The number of aromatic amines is 1. The molecule has 0 amide bonds. The van der Waals surface area contributed by atoms with E-state index in [-0.39, 0.29) is 5.56 Å². The number of hydrogen-bond donors (Lipinski definition) is 3. The van der Waals surface area contributed by atoms with Crippen LogP contribution in [0.25, 0.3) is 11.2 Å². The third-order valence-electron chi connectivity index (χ3n) is 3.44. The van der Waals surface area contributed by atoms with E-state index in [4.69, 9.17) is 22.1 Å². The highest BCUT2D eigenvalue weighted by molar-refractivity contribution is 7.98. The molecule has 10 heteroatoms. The first-order chi connectivity index (χ1) is 12.6. The summed E-state index contributed by atoms with van der Waals surface area (Å²) >= 11 is 7.58. The third-order valence-corrected chi connectivity index (χ3v) is 4.65. The molecule has 2 heterocycles. The number of anilines is 1. The maximum atomic E-state index is 11.5. The zero-order chi connectivity index (χ0) is 18.5. The SMILES string of the molecule is COc1ccc(CSc2nc(NCCN)c3ncc(=O)[nH]c3n2)cc1Cl. The summed E-state index contributed by atoms with van der Waals surface area (Å²) < 4.78 is 5.15.